The summed E-state index contributed by atoms with van der Waals surface area (Å²) in [5, 5.41) is 8.92. The molecule has 0 spiro atoms. The maximum atomic E-state index is 12.7. The van der Waals surface area contributed by atoms with Crippen LogP contribution in [0.2, 0.25) is 0 Å². The Balaban J connectivity index is 1.44. The standard InChI is InChI=1S/C24H17N3OS/c28-24(26-19-14-7-9-16-8-1-2-10-17(16)19)27-20-12-4-3-11-18(20)23-25-21-13-5-6-15-22(21)29-23/h1-15H,(H2,26,27,28). The quantitative estimate of drug-likeness (QED) is 0.354. The van der Waals surface area contributed by atoms with Gasteiger partial charge in [-0.2, -0.15) is 0 Å². The summed E-state index contributed by atoms with van der Waals surface area (Å²) in [5.41, 5.74) is 3.37. The zero-order valence-electron chi connectivity index (χ0n) is 15.4. The van der Waals surface area contributed by atoms with Gasteiger partial charge in [0.2, 0.25) is 0 Å². The van der Waals surface area contributed by atoms with E-state index in [0.717, 1.165) is 42.9 Å². The van der Waals surface area contributed by atoms with Crippen molar-refractivity contribution in [1.82, 2.24) is 4.98 Å². The van der Waals surface area contributed by atoms with Crippen molar-refractivity contribution in [2.24, 2.45) is 0 Å². The fraction of sp³-hybridized carbons (Fsp3) is 0. The Hall–Kier alpha value is -3.70. The van der Waals surface area contributed by atoms with E-state index in [0.29, 0.717) is 0 Å². The molecule has 0 atom stereocenters. The third-order valence-corrected chi connectivity index (χ3v) is 5.81. The van der Waals surface area contributed by atoms with E-state index >= 15 is 0 Å². The van der Waals surface area contributed by atoms with Crippen LogP contribution in [0.5, 0.6) is 0 Å². The van der Waals surface area contributed by atoms with Crippen LogP contribution in [0.1, 0.15) is 0 Å². The summed E-state index contributed by atoms with van der Waals surface area (Å²) in [6.45, 7) is 0. The van der Waals surface area contributed by atoms with E-state index < -0.39 is 0 Å². The normalized spacial score (nSPS) is 10.9. The molecule has 1 aromatic heterocycles. The number of hydrogen-bond donors (Lipinski definition) is 2. The monoisotopic (exact) mass is 395 g/mol. The Morgan fingerprint density at radius 3 is 2.34 bits per heavy atom. The average Bonchev–Trinajstić information content (AvgIpc) is 3.18. The number of urea groups is 1. The summed E-state index contributed by atoms with van der Waals surface area (Å²) >= 11 is 1.61. The van der Waals surface area contributed by atoms with Gasteiger partial charge in [-0.3, -0.25) is 0 Å². The zero-order chi connectivity index (χ0) is 19.6. The van der Waals surface area contributed by atoms with Gasteiger partial charge in [0.25, 0.3) is 0 Å². The Morgan fingerprint density at radius 2 is 1.41 bits per heavy atom. The van der Waals surface area contributed by atoms with Gasteiger partial charge in [-0.05, 0) is 35.7 Å². The number of aromatic nitrogens is 1. The summed E-state index contributed by atoms with van der Waals surface area (Å²) in [6, 6.07) is 29.3. The number of benzene rings is 4. The van der Waals surface area contributed by atoms with Crippen LogP contribution in [0.4, 0.5) is 16.2 Å². The number of hydrogen-bond acceptors (Lipinski definition) is 3. The third-order valence-electron chi connectivity index (χ3n) is 4.74. The van der Waals surface area contributed by atoms with E-state index in [2.05, 4.69) is 16.7 Å². The second kappa shape index (κ2) is 7.37. The van der Waals surface area contributed by atoms with E-state index in [-0.39, 0.29) is 6.03 Å². The molecule has 0 saturated carbocycles. The minimum absolute atomic E-state index is 0.282. The molecule has 0 aliphatic rings. The SMILES string of the molecule is O=C(Nc1ccccc1-c1nc2ccccc2s1)Nc1cccc2ccccc12. The van der Waals surface area contributed by atoms with Gasteiger partial charge in [0.15, 0.2) is 0 Å². The van der Waals surface area contributed by atoms with Crippen LogP contribution in [0.15, 0.2) is 91.0 Å². The number of anilines is 2. The van der Waals surface area contributed by atoms with E-state index in [4.69, 9.17) is 4.98 Å². The molecule has 2 amide bonds. The van der Waals surface area contributed by atoms with Crippen molar-refractivity contribution in [2.75, 3.05) is 10.6 Å². The lowest BCUT2D eigenvalue weighted by Gasteiger charge is -2.12. The Labute approximate surface area is 171 Å². The molecule has 0 saturated heterocycles. The molecule has 4 aromatic carbocycles. The molecule has 140 valence electrons. The molecule has 2 N–H and O–H groups in total. The van der Waals surface area contributed by atoms with E-state index in [1.54, 1.807) is 11.3 Å². The van der Waals surface area contributed by atoms with Crippen LogP contribution < -0.4 is 10.6 Å². The van der Waals surface area contributed by atoms with Gasteiger partial charge in [0.1, 0.15) is 5.01 Å². The summed E-state index contributed by atoms with van der Waals surface area (Å²) in [5.74, 6) is 0. The number of thiazole rings is 1. The first kappa shape index (κ1) is 17.4. The first-order valence-electron chi connectivity index (χ1n) is 9.29. The lowest BCUT2D eigenvalue weighted by molar-refractivity contribution is 0.262. The lowest BCUT2D eigenvalue weighted by Crippen LogP contribution is -2.20. The second-order valence-corrected chi connectivity index (χ2v) is 7.67. The van der Waals surface area contributed by atoms with Gasteiger partial charge in [0.05, 0.1) is 21.6 Å². The highest BCUT2D eigenvalue weighted by Gasteiger charge is 2.13. The van der Waals surface area contributed by atoms with Gasteiger partial charge in [-0.1, -0.05) is 60.7 Å². The summed E-state index contributed by atoms with van der Waals surface area (Å²) in [4.78, 5) is 17.5. The summed E-state index contributed by atoms with van der Waals surface area (Å²) in [6.07, 6.45) is 0. The van der Waals surface area contributed by atoms with Crippen molar-refractivity contribution in [3.05, 3.63) is 91.0 Å². The number of carbonyl (C=O) groups is 1. The van der Waals surface area contributed by atoms with Crippen LogP contribution >= 0.6 is 11.3 Å². The van der Waals surface area contributed by atoms with Crippen LogP contribution in [-0.2, 0) is 0 Å². The molecule has 0 aliphatic heterocycles. The highest BCUT2D eigenvalue weighted by Crippen LogP contribution is 2.34. The molecular formula is C24H17N3OS. The number of nitrogens with one attached hydrogen (secondary N) is 2. The maximum absolute atomic E-state index is 12.7. The van der Waals surface area contributed by atoms with Gasteiger partial charge in [-0.25, -0.2) is 9.78 Å². The molecule has 1 heterocycles. The Morgan fingerprint density at radius 1 is 0.724 bits per heavy atom. The van der Waals surface area contributed by atoms with Crippen molar-refractivity contribution in [1.29, 1.82) is 0 Å². The van der Waals surface area contributed by atoms with E-state index in [1.165, 1.54) is 0 Å². The predicted molar refractivity (Wildman–Crippen MR) is 122 cm³/mol. The Kier molecular flexibility index (Phi) is 4.42. The highest BCUT2D eigenvalue weighted by molar-refractivity contribution is 7.21. The highest BCUT2D eigenvalue weighted by atomic mass is 32.1. The molecule has 0 aliphatic carbocycles. The lowest BCUT2D eigenvalue weighted by atomic mass is 10.1. The first-order valence-corrected chi connectivity index (χ1v) is 10.1. The fourth-order valence-electron chi connectivity index (χ4n) is 3.38. The zero-order valence-corrected chi connectivity index (χ0v) is 16.2. The van der Waals surface area contributed by atoms with Gasteiger partial charge < -0.3 is 10.6 Å². The molecular weight excluding hydrogens is 378 g/mol. The number of amides is 2. The van der Waals surface area contributed by atoms with Gasteiger partial charge in [-0.15, -0.1) is 11.3 Å². The first-order chi connectivity index (χ1) is 14.3. The second-order valence-electron chi connectivity index (χ2n) is 6.64. The molecule has 5 heteroatoms. The predicted octanol–water partition coefficient (Wildman–Crippen LogP) is 6.76. The molecule has 5 rings (SSSR count). The van der Waals surface area contributed by atoms with Crippen molar-refractivity contribution in [3.8, 4) is 10.6 Å². The number of nitrogens with zero attached hydrogens (tertiary/aromatic N) is 1. The Bertz CT molecular complexity index is 1300. The minimum atomic E-state index is -0.282. The summed E-state index contributed by atoms with van der Waals surface area (Å²) < 4.78 is 1.12. The van der Waals surface area contributed by atoms with Crippen LogP contribution in [0, 0.1) is 0 Å². The van der Waals surface area contributed by atoms with Crippen molar-refractivity contribution in [3.63, 3.8) is 0 Å². The van der Waals surface area contributed by atoms with E-state index in [1.807, 2.05) is 84.9 Å². The molecule has 4 nitrogen and oxygen atoms in total. The minimum Gasteiger partial charge on any atom is -0.307 e. The molecule has 0 bridgehead atoms. The van der Waals surface area contributed by atoms with Crippen molar-refractivity contribution in [2.45, 2.75) is 0 Å². The van der Waals surface area contributed by atoms with Gasteiger partial charge in [0, 0.05) is 10.9 Å². The largest absolute Gasteiger partial charge is 0.323 e. The number of para-hydroxylation sites is 2. The molecule has 0 fully saturated rings. The number of fused-ring (bicyclic) bond motifs is 2. The third kappa shape index (κ3) is 3.44. The topological polar surface area (TPSA) is 54.0 Å². The maximum Gasteiger partial charge on any atom is 0.323 e. The smallest absolute Gasteiger partial charge is 0.307 e. The summed E-state index contributed by atoms with van der Waals surface area (Å²) in [7, 11) is 0. The van der Waals surface area contributed by atoms with Gasteiger partial charge >= 0.3 is 6.03 Å². The number of rotatable bonds is 3. The molecule has 5 aromatic rings. The van der Waals surface area contributed by atoms with Crippen LogP contribution in [-0.4, -0.2) is 11.0 Å². The fourth-order valence-corrected chi connectivity index (χ4v) is 4.38. The molecule has 29 heavy (non-hydrogen) atoms. The van der Waals surface area contributed by atoms with Crippen LogP contribution in [0.25, 0.3) is 31.6 Å². The average molecular weight is 395 g/mol. The van der Waals surface area contributed by atoms with Crippen molar-refractivity contribution >= 4 is 49.7 Å². The van der Waals surface area contributed by atoms with E-state index in [9.17, 15) is 4.79 Å². The van der Waals surface area contributed by atoms with Crippen LogP contribution in [0.3, 0.4) is 0 Å². The number of carbonyl (C=O) groups excluding carboxylic acids is 1. The van der Waals surface area contributed by atoms with Crippen molar-refractivity contribution < 1.29 is 4.79 Å². The molecule has 0 unspecified atom stereocenters. The molecule has 0 radical (unpaired) electrons.